The first-order valence-electron chi connectivity index (χ1n) is 8.30. The SMILES string of the molecule is CC(CCN(C)C)NC1CCN(CCc2ccccc2)C1. The molecule has 1 saturated heterocycles. The van der Waals surface area contributed by atoms with Crippen molar-refractivity contribution >= 4 is 0 Å². The van der Waals surface area contributed by atoms with Crippen LogP contribution in [0.25, 0.3) is 0 Å². The summed E-state index contributed by atoms with van der Waals surface area (Å²) in [5.74, 6) is 0. The molecule has 2 unspecified atom stereocenters. The quantitative estimate of drug-likeness (QED) is 0.792. The van der Waals surface area contributed by atoms with Gasteiger partial charge in [-0.15, -0.1) is 0 Å². The first-order valence-corrected chi connectivity index (χ1v) is 8.30. The van der Waals surface area contributed by atoms with Crippen molar-refractivity contribution in [3.05, 3.63) is 35.9 Å². The van der Waals surface area contributed by atoms with Crippen LogP contribution < -0.4 is 5.32 Å². The predicted molar refractivity (Wildman–Crippen MR) is 90.8 cm³/mol. The lowest BCUT2D eigenvalue weighted by Crippen LogP contribution is -2.40. The molecule has 1 aromatic carbocycles. The van der Waals surface area contributed by atoms with E-state index in [9.17, 15) is 0 Å². The Morgan fingerprint density at radius 1 is 1.29 bits per heavy atom. The monoisotopic (exact) mass is 289 g/mol. The summed E-state index contributed by atoms with van der Waals surface area (Å²) in [7, 11) is 4.29. The summed E-state index contributed by atoms with van der Waals surface area (Å²) in [4.78, 5) is 4.86. The normalized spacial score (nSPS) is 21.0. The first-order chi connectivity index (χ1) is 10.1. The van der Waals surface area contributed by atoms with E-state index < -0.39 is 0 Å². The van der Waals surface area contributed by atoms with Gasteiger partial charge in [-0.1, -0.05) is 30.3 Å². The molecule has 1 aliphatic heterocycles. The lowest BCUT2D eigenvalue weighted by Gasteiger charge is -2.21. The Bertz CT molecular complexity index is 391. The van der Waals surface area contributed by atoms with Crippen LogP contribution in [-0.2, 0) is 6.42 Å². The van der Waals surface area contributed by atoms with Gasteiger partial charge in [0.2, 0.25) is 0 Å². The molecule has 1 aliphatic rings. The second-order valence-electron chi connectivity index (χ2n) is 6.68. The number of hydrogen-bond donors (Lipinski definition) is 1. The molecule has 0 spiro atoms. The van der Waals surface area contributed by atoms with Crippen LogP contribution in [0.1, 0.15) is 25.3 Å². The topological polar surface area (TPSA) is 18.5 Å². The summed E-state index contributed by atoms with van der Waals surface area (Å²) >= 11 is 0. The summed E-state index contributed by atoms with van der Waals surface area (Å²) in [6, 6.07) is 12.1. The molecular formula is C18H31N3. The van der Waals surface area contributed by atoms with Crippen molar-refractivity contribution in [3.63, 3.8) is 0 Å². The second kappa shape index (κ2) is 8.52. The zero-order valence-corrected chi connectivity index (χ0v) is 13.9. The average Bonchev–Trinajstić information content (AvgIpc) is 2.91. The Balaban J connectivity index is 1.64. The summed E-state index contributed by atoms with van der Waals surface area (Å²) in [6.45, 7) is 7.12. The Kier molecular flexibility index (Phi) is 6.68. The van der Waals surface area contributed by atoms with E-state index in [0.717, 1.165) is 0 Å². The van der Waals surface area contributed by atoms with Gasteiger partial charge in [0.05, 0.1) is 0 Å². The lowest BCUT2D eigenvalue weighted by atomic mass is 10.1. The molecule has 0 saturated carbocycles. The van der Waals surface area contributed by atoms with Crippen LogP contribution in [0.15, 0.2) is 30.3 Å². The highest BCUT2D eigenvalue weighted by Gasteiger charge is 2.22. The Morgan fingerprint density at radius 3 is 2.76 bits per heavy atom. The maximum Gasteiger partial charge on any atom is 0.0209 e. The van der Waals surface area contributed by atoms with Gasteiger partial charge in [0.15, 0.2) is 0 Å². The molecule has 0 aromatic heterocycles. The third-order valence-electron chi connectivity index (χ3n) is 4.36. The van der Waals surface area contributed by atoms with Crippen LogP contribution >= 0.6 is 0 Å². The van der Waals surface area contributed by atoms with Crippen LogP contribution in [0.5, 0.6) is 0 Å². The lowest BCUT2D eigenvalue weighted by molar-refractivity contribution is 0.316. The molecule has 2 atom stereocenters. The van der Waals surface area contributed by atoms with E-state index >= 15 is 0 Å². The third-order valence-corrected chi connectivity index (χ3v) is 4.36. The van der Waals surface area contributed by atoms with Gasteiger partial charge in [-0.05, 0) is 58.9 Å². The largest absolute Gasteiger partial charge is 0.310 e. The zero-order valence-electron chi connectivity index (χ0n) is 13.9. The van der Waals surface area contributed by atoms with Crippen LogP contribution in [-0.4, -0.2) is 62.2 Å². The van der Waals surface area contributed by atoms with Gasteiger partial charge < -0.3 is 15.1 Å². The highest BCUT2D eigenvalue weighted by Crippen LogP contribution is 2.12. The second-order valence-corrected chi connectivity index (χ2v) is 6.68. The standard InChI is InChI=1S/C18H31N3/c1-16(9-12-20(2)3)19-18-11-14-21(15-18)13-10-17-7-5-4-6-8-17/h4-8,16,18-19H,9-15H2,1-3H3. The van der Waals surface area contributed by atoms with Crippen molar-refractivity contribution < 1.29 is 0 Å². The Labute approximate surface area is 130 Å². The number of nitrogens with one attached hydrogen (secondary N) is 1. The number of nitrogens with zero attached hydrogens (tertiary/aromatic N) is 2. The molecule has 118 valence electrons. The van der Waals surface area contributed by atoms with Crippen LogP contribution in [0.3, 0.4) is 0 Å². The van der Waals surface area contributed by atoms with Crippen LogP contribution in [0.4, 0.5) is 0 Å². The van der Waals surface area contributed by atoms with E-state index in [1.807, 2.05) is 0 Å². The fourth-order valence-electron chi connectivity index (χ4n) is 3.04. The third kappa shape index (κ3) is 6.16. The van der Waals surface area contributed by atoms with Gasteiger partial charge >= 0.3 is 0 Å². The highest BCUT2D eigenvalue weighted by molar-refractivity contribution is 5.14. The van der Waals surface area contributed by atoms with Crippen molar-refractivity contribution in [1.29, 1.82) is 0 Å². The van der Waals surface area contributed by atoms with Crippen molar-refractivity contribution in [2.75, 3.05) is 40.3 Å². The Hall–Kier alpha value is -0.900. The number of hydrogen-bond acceptors (Lipinski definition) is 3. The summed E-state index contributed by atoms with van der Waals surface area (Å²) in [6.07, 6.45) is 3.69. The van der Waals surface area contributed by atoms with Gasteiger partial charge in [0.25, 0.3) is 0 Å². The fourth-order valence-corrected chi connectivity index (χ4v) is 3.04. The zero-order chi connectivity index (χ0) is 15.1. The van der Waals surface area contributed by atoms with E-state index in [1.165, 1.54) is 51.0 Å². The smallest absolute Gasteiger partial charge is 0.0209 e. The summed E-state index contributed by atoms with van der Waals surface area (Å²) < 4.78 is 0. The van der Waals surface area contributed by atoms with Gasteiger partial charge in [0, 0.05) is 25.2 Å². The van der Waals surface area contributed by atoms with Gasteiger partial charge in [0.1, 0.15) is 0 Å². The van der Waals surface area contributed by atoms with Crippen LogP contribution in [0.2, 0.25) is 0 Å². The van der Waals surface area contributed by atoms with E-state index in [2.05, 4.69) is 66.5 Å². The van der Waals surface area contributed by atoms with Crippen LogP contribution in [0, 0.1) is 0 Å². The molecule has 21 heavy (non-hydrogen) atoms. The minimum Gasteiger partial charge on any atom is -0.310 e. The van der Waals surface area contributed by atoms with Crippen molar-refractivity contribution in [2.24, 2.45) is 0 Å². The molecule has 1 heterocycles. The molecule has 1 N–H and O–H groups in total. The highest BCUT2D eigenvalue weighted by atomic mass is 15.2. The van der Waals surface area contributed by atoms with Crippen molar-refractivity contribution in [1.82, 2.24) is 15.1 Å². The molecule has 0 bridgehead atoms. The predicted octanol–water partition coefficient (Wildman–Crippen LogP) is 2.23. The summed E-state index contributed by atoms with van der Waals surface area (Å²) in [5, 5.41) is 3.79. The van der Waals surface area contributed by atoms with E-state index in [-0.39, 0.29) is 0 Å². The maximum absolute atomic E-state index is 3.79. The van der Waals surface area contributed by atoms with E-state index in [0.29, 0.717) is 12.1 Å². The maximum atomic E-state index is 3.79. The molecule has 0 amide bonds. The first kappa shape index (κ1) is 16.5. The molecule has 0 radical (unpaired) electrons. The van der Waals surface area contributed by atoms with Gasteiger partial charge in [-0.25, -0.2) is 0 Å². The summed E-state index contributed by atoms with van der Waals surface area (Å²) in [5.41, 5.74) is 1.45. The number of benzene rings is 1. The van der Waals surface area contributed by atoms with Gasteiger partial charge in [-0.2, -0.15) is 0 Å². The molecule has 2 rings (SSSR count). The van der Waals surface area contributed by atoms with Crippen molar-refractivity contribution in [2.45, 2.75) is 38.3 Å². The van der Waals surface area contributed by atoms with E-state index in [4.69, 9.17) is 0 Å². The minimum absolute atomic E-state index is 0.617. The molecular weight excluding hydrogens is 258 g/mol. The molecule has 0 aliphatic carbocycles. The van der Waals surface area contributed by atoms with Crippen molar-refractivity contribution in [3.8, 4) is 0 Å². The molecule has 3 nitrogen and oxygen atoms in total. The van der Waals surface area contributed by atoms with E-state index in [1.54, 1.807) is 0 Å². The fraction of sp³-hybridized carbons (Fsp3) is 0.667. The molecule has 1 fully saturated rings. The van der Waals surface area contributed by atoms with Gasteiger partial charge in [-0.3, -0.25) is 0 Å². The Morgan fingerprint density at radius 2 is 2.05 bits per heavy atom. The minimum atomic E-state index is 0.617. The molecule has 1 aromatic rings. The number of likely N-dealkylation sites (tertiary alicyclic amines) is 1. The molecule has 3 heteroatoms. The number of rotatable bonds is 8. The average molecular weight is 289 g/mol.